The highest BCUT2D eigenvalue weighted by Gasteiger charge is 2.48. The van der Waals surface area contributed by atoms with Crippen LogP contribution in [0.3, 0.4) is 0 Å². The van der Waals surface area contributed by atoms with Gasteiger partial charge in [0.05, 0.1) is 11.5 Å². The van der Waals surface area contributed by atoms with Crippen LogP contribution < -0.4 is 0 Å². The molecule has 0 amide bonds. The summed E-state index contributed by atoms with van der Waals surface area (Å²) >= 11 is 0. The van der Waals surface area contributed by atoms with Crippen LogP contribution in [0.5, 0.6) is 0 Å². The average Bonchev–Trinajstić information content (AvgIpc) is 3.07. The summed E-state index contributed by atoms with van der Waals surface area (Å²) in [4.78, 5) is 31.3. The number of fused-ring (bicyclic) bond motifs is 1. The Balaban J connectivity index is 1.98. The molecule has 1 saturated heterocycles. The smallest absolute Gasteiger partial charge is 0.394 e. The molecule has 1 aliphatic rings. The zero-order valence-electron chi connectivity index (χ0n) is 12.6. The number of aromatic nitrogens is 1. The van der Waals surface area contributed by atoms with Crippen molar-refractivity contribution >= 4 is 24.4 Å². The van der Waals surface area contributed by atoms with Crippen LogP contribution in [0.25, 0.3) is 10.9 Å². The zero-order valence-corrected chi connectivity index (χ0v) is 13.4. The summed E-state index contributed by atoms with van der Waals surface area (Å²) in [5.74, 6) is 0. The predicted molar refractivity (Wildman–Crippen MR) is 82.6 cm³/mol. The maximum Gasteiger partial charge on any atom is 0.470 e. The number of rotatable bonds is 5. The quantitative estimate of drug-likeness (QED) is 0.281. The second-order valence-electron chi connectivity index (χ2n) is 5.58. The van der Waals surface area contributed by atoms with Gasteiger partial charge in [-0.25, -0.2) is 4.57 Å². The maximum absolute atomic E-state index is 11.2. The van der Waals surface area contributed by atoms with Crippen LogP contribution in [0.1, 0.15) is 11.8 Å². The number of nitrogens with one attached hydrogen (secondary N) is 1. The summed E-state index contributed by atoms with van der Waals surface area (Å²) in [5.41, 5.74) is 0.701. The average molecular weight is 374 g/mol. The van der Waals surface area contributed by atoms with Crippen molar-refractivity contribution in [2.75, 3.05) is 6.61 Å². The zero-order chi connectivity index (χ0) is 18.4. The van der Waals surface area contributed by atoms with Crippen molar-refractivity contribution in [2.45, 2.75) is 24.4 Å². The Kier molecular flexibility index (Phi) is 4.64. The van der Waals surface area contributed by atoms with Gasteiger partial charge in [-0.15, -0.1) is 0 Å². The Morgan fingerprint density at radius 3 is 2.68 bits per heavy atom. The van der Waals surface area contributed by atoms with Gasteiger partial charge in [0.1, 0.15) is 24.4 Å². The fraction of sp³-hybridized carbons (Fsp3) is 0.385. The SMILES string of the molecule is O=[N+]([O-])c1ccc2[nH]c(C3O[C@H](CO)[C@@H](O)[C@H]3OP(=O)(O)O)cc2c1. The molecule has 1 aromatic carbocycles. The maximum atomic E-state index is 11.2. The molecule has 2 heterocycles. The monoisotopic (exact) mass is 374 g/mol. The number of nitrogens with zero attached hydrogens (tertiary/aromatic N) is 1. The number of nitro benzene ring substituents is 1. The van der Waals surface area contributed by atoms with E-state index in [2.05, 4.69) is 9.51 Å². The fourth-order valence-corrected chi connectivity index (χ4v) is 3.38. The number of hydrogen-bond donors (Lipinski definition) is 5. The number of non-ortho nitro benzene ring substituents is 1. The minimum absolute atomic E-state index is 0.123. The summed E-state index contributed by atoms with van der Waals surface area (Å²) in [7, 11) is -4.93. The first-order chi connectivity index (χ1) is 11.7. The molecular formula is C13H15N2O9P. The predicted octanol–water partition coefficient (Wildman–Crippen LogP) is 0.347. The third-order valence-electron chi connectivity index (χ3n) is 3.92. The normalized spacial score (nSPS) is 27.0. The number of H-pyrrole nitrogens is 1. The molecule has 5 N–H and O–H groups in total. The van der Waals surface area contributed by atoms with Gasteiger partial charge in [0.2, 0.25) is 0 Å². The van der Waals surface area contributed by atoms with Crippen molar-refractivity contribution in [3.63, 3.8) is 0 Å². The lowest BCUT2D eigenvalue weighted by molar-refractivity contribution is -0.384. The van der Waals surface area contributed by atoms with E-state index in [9.17, 15) is 24.9 Å². The van der Waals surface area contributed by atoms with Crippen LogP contribution in [0.2, 0.25) is 0 Å². The van der Waals surface area contributed by atoms with Crippen molar-refractivity contribution in [1.82, 2.24) is 4.98 Å². The number of benzene rings is 1. The summed E-state index contributed by atoms with van der Waals surface area (Å²) in [6, 6.07) is 5.59. The van der Waals surface area contributed by atoms with Crippen LogP contribution in [0.15, 0.2) is 24.3 Å². The summed E-state index contributed by atoms with van der Waals surface area (Å²) < 4.78 is 21.2. The van der Waals surface area contributed by atoms with E-state index < -0.39 is 43.8 Å². The number of ether oxygens (including phenoxy) is 1. The summed E-state index contributed by atoms with van der Waals surface area (Å²) in [6.45, 7) is -0.579. The Bertz CT molecular complexity index is 847. The van der Waals surface area contributed by atoms with Crippen LogP contribution in [-0.4, -0.2) is 54.8 Å². The molecule has 1 fully saturated rings. The lowest BCUT2D eigenvalue weighted by Gasteiger charge is -2.20. The van der Waals surface area contributed by atoms with Crippen LogP contribution in [0, 0.1) is 10.1 Å². The van der Waals surface area contributed by atoms with Crippen molar-refractivity contribution in [3.05, 3.63) is 40.1 Å². The highest BCUT2D eigenvalue weighted by molar-refractivity contribution is 7.46. The van der Waals surface area contributed by atoms with Crippen molar-refractivity contribution in [3.8, 4) is 0 Å². The van der Waals surface area contributed by atoms with E-state index in [1.54, 1.807) is 0 Å². The number of phosphoric ester groups is 1. The largest absolute Gasteiger partial charge is 0.470 e. The highest BCUT2D eigenvalue weighted by Crippen LogP contribution is 2.46. The van der Waals surface area contributed by atoms with Gasteiger partial charge in [0.25, 0.3) is 5.69 Å². The minimum atomic E-state index is -4.93. The van der Waals surface area contributed by atoms with Gasteiger partial charge in [-0.05, 0) is 12.1 Å². The lowest BCUT2D eigenvalue weighted by Crippen LogP contribution is -2.34. The van der Waals surface area contributed by atoms with Gasteiger partial charge >= 0.3 is 7.82 Å². The van der Waals surface area contributed by atoms with Crippen molar-refractivity contribution in [2.24, 2.45) is 0 Å². The highest BCUT2D eigenvalue weighted by atomic mass is 31.2. The molecule has 0 spiro atoms. The van der Waals surface area contributed by atoms with Gasteiger partial charge in [0, 0.05) is 28.7 Å². The molecule has 1 aromatic heterocycles. The first-order valence-corrected chi connectivity index (χ1v) is 8.68. The van der Waals surface area contributed by atoms with E-state index in [1.165, 1.54) is 24.3 Å². The molecule has 0 bridgehead atoms. The first-order valence-electron chi connectivity index (χ1n) is 7.15. The lowest BCUT2D eigenvalue weighted by atomic mass is 10.1. The third-order valence-corrected chi connectivity index (χ3v) is 4.44. The molecule has 1 aliphatic heterocycles. The summed E-state index contributed by atoms with van der Waals surface area (Å²) in [5, 5.41) is 30.6. The number of aliphatic hydroxyl groups is 2. The Hall–Kier alpha value is -1.85. The standard InChI is InChI=1S/C13H15N2O9P/c16-5-10-11(17)13(24-25(20,21)22)12(23-10)9-4-6-3-7(15(18)19)1-2-8(6)14-9/h1-4,10-14,16-17H,5H2,(H2,20,21,22)/t10-,11-,12?,13-/m1/s1. The molecule has 2 aromatic rings. The Labute approximate surface area is 140 Å². The number of aliphatic hydroxyl groups excluding tert-OH is 2. The van der Waals surface area contributed by atoms with Crippen molar-refractivity contribution in [1.29, 1.82) is 0 Å². The molecule has 11 nitrogen and oxygen atoms in total. The molecule has 1 unspecified atom stereocenters. The fourth-order valence-electron chi connectivity index (χ4n) is 2.82. The van der Waals surface area contributed by atoms with Gasteiger partial charge in [-0.2, -0.15) is 0 Å². The first kappa shape index (κ1) is 18.0. The van der Waals surface area contributed by atoms with E-state index in [-0.39, 0.29) is 5.69 Å². The molecule has 12 heteroatoms. The Morgan fingerprint density at radius 1 is 1.36 bits per heavy atom. The van der Waals surface area contributed by atoms with Crippen LogP contribution in [0.4, 0.5) is 5.69 Å². The molecular weight excluding hydrogens is 359 g/mol. The van der Waals surface area contributed by atoms with E-state index in [0.29, 0.717) is 16.6 Å². The van der Waals surface area contributed by atoms with Gasteiger partial charge in [-0.1, -0.05) is 0 Å². The van der Waals surface area contributed by atoms with Gasteiger partial charge in [0.15, 0.2) is 0 Å². The second kappa shape index (κ2) is 6.46. The molecule has 0 aliphatic carbocycles. The molecule has 136 valence electrons. The van der Waals surface area contributed by atoms with E-state index in [1.807, 2.05) is 0 Å². The topological polar surface area (TPSA) is 175 Å². The van der Waals surface area contributed by atoms with Gasteiger partial charge in [-0.3, -0.25) is 14.6 Å². The van der Waals surface area contributed by atoms with Crippen molar-refractivity contribution < 1.29 is 38.7 Å². The number of nitro groups is 1. The molecule has 0 saturated carbocycles. The Morgan fingerprint density at radius 2 is 2.08 bits per heavy atom. The molecule has 0 radical (unpaired) electrons. The van der Waals surface area contributed by atoms with E-state index >= 15 is 0 Å². The number of hydrogen-bond acceptors (Lipinski definition) is 7. The number of phosphoric acid groups is 1. The van der Waals surface area contributed by atoms with Crippen LogP contribution >= 0.6 is 7.82 Å². The minimum Gasteiger partial charge on any atom is -0.394 e. The summed E-state index contributed by atoms with van der Waals surface area (Å²) in [6.07, 6.45) is -5.10. The molecule has 3 rings (SSSR count). The molecule has 4 atom stereocenters. The second-order valence-corrected chi connectivity index (χ2v) is 6.77. The number of aromatic amines is 1. The third kappa shape index (κ3) is 3.58. The van der Waals surface area contributed by atoms with E-state index in [4.69, 9.17) is 14.5 Å². The molecule has 25 heavy (non-hydrogen) atoms. The van der Waals surface area contributed by atoms with Crippen LogP contribution in [-0.2, 0) is 13.8 Å². The van der Waals surface area contributed by atoms with E-state index in [0.717, 1.165) is 0 Å². The van der Waals surface area contributed by atoms with Gasteiger partial charge < -0.3 is 29.7 Å².